The summed E-state index contributed by atoms with van der Waals surface area (Å²) >= 11 is 0. The maximum Gasteiger partial charge on any atom is 0.425 e. The molecule has 0 radical (unpaired) electrons. The molecule has 0 spiro atoms. The molecule has 6 nitrogen and oxygen atoms in total. The van der Waals surface area contributed by atoms with Gasteiger partial charge in [0.1, 0.15) is 5.76 Å². The molecule has 1 aromatic rings. The smallest absolute Gasteiger partial charge is 0.425 e. The molecular formula is C8H4O6. The summed E-state index contributed by atoms with van der Waals surface area (Å²) in [5, 5.41) is 9.11. The molecule has 1 aliphatic rings. The quantitative estimate of drug-likeness (QED) is 0.604. The van der Waals surface area contributed by atoms with E-state index in [1.807, 2.05) is 0 Å². The predicted octanol–water partition coefficient (Wildman–Crippen LogP) is 0.398. The van der Waals surface area contributed by atoms with Crippen molar-refractivity contribution in [3.05, 3.63) is 44.7 Å². The standard InChI is InChI=1S/C8H4O6/c9-4-1-2-12-8-5(3-4)13-6(10)7(11)14-8/h1-3,9H. The second-order valence-electron chi connectivity index (χ2n) is 2.42. The number of rotatable bonds is 0. The number of hydrogen-bond donors (Lipinski definition) is 1. The van der Waals surface area contributed by atoms with Crippen molar-refractivity contribution in [1.29, 1.82) is 0 Å². The van der Waals surface area contributed by atoms with Crippen molar-refractivity contribution >= 4 is 6.08 Å². The van der Waals surface area contributed by atoms with E-state index in [4.69, 9.17) is 9.84 Å². The average Bonchev–Trinajstić information content (AvgIpc) is 2.28. The lowest BCUT2D eigenvalue weighted by atomic mass is 10.4. The van der Waals surface area contributed by atoms with Crippen LogP contribution < -0.4 is 16.0 Å². The number of ether oxygens (including phenoxy) is 1. The second-order valence-corrected chi connectivity index (χ2v) is 2.42. The maximum absolute atomic E-state index is 10.8. The van der Waals surface area contributed by atoms with Crippen LogP contribution in [0.4, 0.5) is 0 Å². The van der Waals surface area contributed by atoms with Gasteiger partial charge in [0, 0.05) is 12.2 Å². The van der Waals surface area contributed by atoms with Gasteiger partial charge in [-0.2, -0.15) is 0 Å². The van der Waals surface area contributed by atoms with Gasteiger partial charge in [0.2, 0.25) is 5.76 Å². The summed E-state index contributed by atoms with van der Waals surface area (Å²) in [6.07, 6.45) is 3.41. The highest BCUT2D eigenvalue weighted by molar-refractivity contribution is 5.52. The van der Waals surface area contributed by atoms with E-state index in [9.17, 15) is 9.59 Å². The van der Waals surface area contributed by atoms with Crippen molar-refractivity contribution in [2.24, 2.45) is 0 Å². The van der Waals surface area contributed by atoms with E-state index in [1.165, 1.54) is 6.08 Å². The van der Waals surface area contributed by atoms with E-state index in [-0.39, 0.29) is 17.5 Å². The second kappa shape index (κ2) is 2.91. The summed E-state index contributed by atoms with van der Waals surface area (Å²) in [7, 11) is 0. The molecular weight excluding hydrogens is 192 g/mol. The van der Waals surface area contributed by atoms with Gasteiger partial charge in [-0.25, -0.2) is 9.59 Å². The van der Waals surface area contributed by atoms with Gasteiger partial charge in [-0.1, -0.05) is 0 Å². The van der Waals surface area contributed by atoms with Gasteiger partial charge in [0.05, 0.1) is 6.26 Å². The molecule has 0 bridgehead atoms. The Labute approximate surface area is 76.3 Å². The molecule has 1 aromatic heterocycles. The molecule has 0 saturated heterocycles. The van der Waals surface area contributed by atoms with Crippen LogP contribution in [0.3, 0.4) is 0 Å². The first-order valence-electron chi connectivity index (χ1n) is 3.59. The summed E-state index contributed by atoms with van der Waals surface area (Å²) in [4.78, 5) is 21.5. The molecule has 1 N–H and O–H groups in total. The zero-order valence-electron chi connectivity index (χ0n) is 6.72. The minimum Gasteiger partial charge on any atom is -0.508 e. The number of hydrogen-bond acceptors (Lipinski definition) is 6. The van der Waals surface area contributed by atoms with E-state index in [0.29, 0.717) is 0 Å². The summed E-state index contributed by atoms with van der Waals surface area (Å²) in [5.74, 6) is -0.590. The van der Waals surface area contributed by atoms with E-state index in [1.54, 1.807) is 0 Å². The van der Waals surface area contributed by atoms with Crippen molar-refractivity contribution in [2.75, 3.05) is 0 Å². The molecule has 0 aromatic carbocycles. The normalized spacial score (nSPS) is 13.9. The van der Waals surface area contributed by atoms with Gasteiger partial charge in [-0.05, 0) is 0 Å². The Morgan fingerprint density at radius 3 is 2.64 bits per heavy atom. The van der Waals surface area contributed by atoms with Gasteiger partial charge >= 0.3 is 17.2 Å². The van der Waals surface area contributed by atoms with Gasteiger partial charge in [-0.3, -0.25) is 0 Å². The first-order chi connectivity index (χ1) is 6.66. The van der Waals surface area contributed by atoms with E-state index < -0.39 is 11.3 Å². The Bertz CT molecular complexity index is 529. The van der Waals surface area contributed by atoms with Gasteiger partial charge in [0.15, 0.2) is 0 Å². The van der Waals surface area contributed by atoms with Crippen molar-refractivity contribution in [1.82, 2.24) is 0 Å². The lowest BCUT2D eigenvalue weighted by molar-refractivity contribution is 0.272. The highest BCUT2D eigenvalue weighted by Crippen LogP contribution is 2.20. The molecule has 0 aliphatic carbocycles. The fraction of sp³-hybridized carbons (Fsp3) is 0. The number of aliphatic hydroxyl groups excluding tert-OH is 1. The van der Waals surface area contributed by atoms with Crippen LogP contribution in [0.1, 0.15) is 5.76 Å². The molecule has 2 rings (SSSR count). The fourth-order valence-electron chi connectivity index (χ4n) is 0.878. The van der Waals surface area contributed by atoms with Crippen LogP contribution in [-0.4, -0.2) is 5.11 Å². The average molecular weight is 196 g/mol. The van der Waals surface area contributed by atoms with E-state index in [2.05, 4.69) is 8.83 Å². The molecule has 14 heavy (non-hydrogen) atoms. The Morgan fingerprint density at radius 1 is 1.14 bits per heavy atom. The zero-order chi connectivity index (χ0) is 10.1. The minimum absolute atomic E-state index is 0.142. The van der Waals surface area contributed by atoms with E-state index >= 15 is 0 Å². The van der Waals surface area contributed by atoms with Gasteiger partial charge in [-0.15, -0.1) is 0 Å². The van der Waals surface area contributed by atoms with Crippen LogP contribution in [0.5, 0.6) is 5.95 Å². The first kappa shape index (κ1) is 8.36. The van der Waals surface area contributed by atoms with Crippen molar-refractivity contribution < 1.29 is 18.7 Å². The van der Waals surface area contributed by atoms with Gasteiger partial charge < -0.3 is 18.7 Å². The summed E-state index contributed by atoms with van der Waals surface area (Å²) < 4.78 is 13.7. The third-order valence-electron chi connectivity index (χ3n) is 1.45. The molecule has 0 saturated carbocycles. The Morgan fingerprint density at radius 2 is 1.86 bits per heavy atom. The van der Waals surface area contributed by atoms with Crippen LogP contribution in [-0.2, 0) is 0 Å². The molecule has 0 unspecified atom stereocenters. The topological polar surface area (TPSA) is 89.9 Å². The van der Waals surface area contributed by atoms with E-state index in [0.717, 1.165) is 12.3 Å². The lowest BCUT2D eigenvalue weighted by Gasteiger charge is -1.96. The molecule has 6 heteroatoms. The number of allylic oxidation sites excluding steroid dienone is 1. The monoisotopic (exact) mass is 196 g/mol. The van der Waals surface area contributed by atoms with Crippen LogP contribution in [0.15, 0.2) is 36.5 Å². The molecule has 2 heterocycles. The van der Waals surface area contributed by atoms with Crippen LogP contribution >= 0.6 is 0 Å². The Hall–Kier alpha value is -2.24. The molecule has 1 aliphatic heterocycles. The minimum atomic E-state index is -1.16. The highest BCUT2D eigenvalue weighted by Gasteiger charge is 2.14. The summed E-state index contributed by atoms with van der Waals surface area (Å²) in [5.41, 5.74) is -2.31. The SMILES string of the molecule is O=c1oc2c(oc1=O)OC=CC(O)=C2. The summed E-state index contributed by atoms with van der Waals surface area (Å²) in [6, 6.07) is 0. The van der Waals surface area contributed by atoms with Gasteiger partial charge in [0.25, 0.3) is 0 Å². The Balaban J connectivity index is 2.72. The third kappa shape index (κ3) is 1.33. The van der Waals surface area contributed by atoms with Crippen molar-refractivity contribution in [3.8, 4) is 5.95 Å². The van der Waals surface area contributed by atoms with Crippen LogP contribution in [0.25, 0.3) is 6.08 Å². The zero-order valence-corrected chi connectivity index (χ0v) is 6.72. The Kier molecular flexibility index (Phi) is 1.74. The maximum atomic E-state index is 10.8. The largest absolute Gasteiger partial charge is 0.508 e. The fourth-order valence-corrected chi connectivity index (χ4v) is 0.878. The molecule has 0 fully saturated rings. The number of fused-ring (bicyclic) bond motifs is 1. The molecule has 0 atom stereocenters. The third-order valence-corrected chi connectivity index (χ3v) is 1.45. The van der Waals surface area contributed by atoms with Crippen LogP contribution in [0.2, 0.25) is 0 Å². The highest BCUT2D eigenvalue weighted by atomic mass is 16.6. The van der Waals surface area contributed by atoms with Crippen molar-refractivity contribution in [3.63, 3.8) is 0 Å². The predicted molar refractivity (Wildman–Crippen MR) is 43.9 cm³/mol. The molecule has 0 amide bonds. The lowest BCUT2D eigenvalue weighted by Crippen LogP contribution is -2.22. The first-order valence-corrected chi connectivity index (χ1v) is 3.59. The van der Waals surface area contributed by atoms with Crippen LogP contribution in [0, 0.1) is 0 Å². The molecule has 72 valence electrons. The summed E-state index contributed by atoms with van der Waals surface area (Å²) in [6.45, 7) is 0. The number of aliphatic hydroxyl groups is 1. The van der Waals surface area contributed by atoms with Crippen molar-refractivity contribution in [2.45, 2.75) is 0 Å².